The second-order valence-corrected chi connectivity index (χ2v) is 7.36. The van der Waals surface area contributed by atoms with E-state index >= 15 is 0 Å². The van der Waals surface area contributed by atoms with Crippen LogP contribution in [0.25, 0.3) is 22.6 Å². The molecule has 1 unspecified atom stereocenters. The maximum Gasteiger partial charge on any atom is 0.328 e. The Morgan fingerprint density at radius 3 is 2.78 bits per heavy atom. The van der Waals surface area contributed by atoms with Crippen molar-refractivity contribution in [2.75, 3.05) is 19.0 Å². The highest BCUT2D eigenvalue weighted by atomic mass is 16.5. The van der Waals surface area contributed by atoms with Crippen LogP contribution in [0.4, 0.5) is 5.82 Å². The molecule has 3 N–H and O–H groups in total. The average Bonchev–Trinajstić information content (AvgIpc) is 3.14. The number of aliphatic hydroxyl groups is 1. The average molecular weight is 432 g/mol. The number of aromatic nitrogens is 4. The van der Waals surface area contributed by atoms with E-state index in [0.29, 0.717) is 28.3 Å². The fraction of sp³-hybridized carbons (Fsp3) is 0.217. The number of ether oxygens (including phenoxy) is 1. The van der Waals surface area contributed by atoms with Crippen molar-refractivity contribution in [3.05, 3.63) is 70.1 Å². The van der Waals surface area contributed by atoms with Crippen LogP contribution in [0.3, 0.4) is 0 Å². The van der Waals surface area contributed by atoms with Gasteiger partial charge in [-0.05, 0) is 17.7 Å². The number of methoxy groups -OCH3 is 1. The van der Waals surface area contributed by atoms with E-state index in [-0.39, 0.29) is 24.9 Å². The summed E-state index contributed by atoms with van der Waals surface area (Å²) in [6, 6.07) is 14.9. The van der Waals surface area contributed by atoms with Crippen molar-refractivity contribution >= 4 is 23.4 Å². The third-order valence-corrected chi connectivity index (χ3v) is 5.30. The maximum atomic E-state index is 12.8. The first kappa shape index (κ1) is 21.3. The van der Waals surface area contributed by atoms with Crippen LogP contribution in [0.2, 0.25) is 0 Å². The molecule has 9 heteroatoms. The predicted octanol–water partition coefficient (Wildman–Crippen LogP) is 2.42. The van der Waals surface area contributed by atoms with Crippen molar-refractivity contribution < 1.29 is 14.6 Å². The van der Waals surface area contributed by atoms with Gasteiger partial charge in [0.15, 0.2) is 17.3 Å². The van der Waals surface area contributed by atoms with Crippen LogP contribution in [-0.4, -0.2) is 44.8 Å². The molecule has 163 valence electrons. The number of aromatic amines is 1. The van der Waals surface area contributed by atoms with Gasteiger partial charge in [0.25, 0.3) is 0 Å². The normalized spacial score (nSPS) is 12.0. The molecule has 0 saturated carbocycles. The molecular formula is C23H22N5O4. The van der Waals surface area contributed by atoms with Gasteiger partial charge in [0.1, 0.15) is 11.3 Å². The van der Waals surface area contributed by atoms with Crippen molar-refractivity contribution in [2.24, 2.45) is 0 Å². The molecule has 9 nitrogen and oxygen atoms in total. The van der Waals surface area contributed by atoms with Gasteiger partial charge in [-0.1, -0.05) is 43.3 Å². The van der Waals surface area contributed by atoms with Crippen LogP contribution >= 0.6 is 0 Å². The highest BCUT2D eigenvalue weighted by Gasteiger charge is 2.18. The number of imidazole rings is 1. The van der Waals surface area contributed by atoms with E-state index in [1.807, 2.05) is 55.5 Å². The van der Waals surface area contributed by atoms with Crippen LogP contribution < -0.4 is 15.7 Å². The van der Waals surface area contributed by atoms with Crippen molar-refractivity contribution in [2.45, 2.75) is 19.4 Å². The largest absolute Gasteiger partial charge is 0.496 e. The highest BCUT2D eigenvalue weighted by molar-refractivity contribution is 5.90. The first-order chi connectivity index (χ1) is 15.5. The molecule has 32 heavy (non-hydrogen) atoms. The standard InChI is InChI=1S/C23H22N5O4/c1-14(12-29)15-7-5-8-16(10-15)20-26-21(24-13-30)19-22(27-20)28(23(31)25-19)11-17-6-3-4-9-18(17)32-2/h3-10,14,29H,11-12H2,1-2H3,(H,25,31)(H,24,26,27,30). The molecule has 4 aromatic rings. The summed E-state index contributed by atoms with van der Waals surface area (Å²) in [4.78, 5) is 35.6. The molecule has 2 heterocycles. The van der Waals surface area contributed by atoms with E-state index in [9.17, 15) is 14.7 Å². The SMILES string of the molecule is COc1ccccc1Cn1c(=O)[nH]c2c(N[C]=O)nc(-c3cccc(C(C)CO)c3)nc21. The Bertz CT molecular complexity index is 1330. The zero-order valence-corrected chi connectivity index (χ0v) is 17.6. The number of carbonyl (C=O) groups excluding carboxylic acids is 1. The topological polar surface area (TPSA) is 122 Å². The number of fused-ring (bicyclic) bond motifs is 1. The number of aliphatic hydroxyl groups excluding tert-OH is 1. The van der Waals surface area contributed by atoms with E-state index in [1.54, 1.807) is 13.5 Å². The highest BCUT2D eigenvalue weighted by Crippen LogP contribution is 2.27. The lowest BCUT2D eigenvalue weighted by Crippen LogP contribution is -2.18. The van der Waals surface area contributed by atoms with Gasteiger partial charge in [-0.2, -0.15) is 0 Å². The molecular weight excluding hydrogens is 410 g/mol. The summed E-state index contributed by atoms with van der Waals surface area (Å²) in [7, 11) is 1.57. The van der Waals surface area contributed by atoms with Crippen molar-refractivity contribution in [3.63, 3.8) is 0 Å². The molecule has 0 spiro atoms. The Hall–Kier alpha value is -3.98. The first-order valence-corrected chi connectivity index (χ1v) is 10.0. The van der Waals surface area contributed by atoms with Gasteiger partial charge in [0.2, 0.25) is 0 Å². The molecule has 0 aliphatic heterocycles. The van der Waals surface area contributed by atoms with Crippen LogP contribution in [0.1, 0.15) is 24.0 Å². The number of para-hydroxylation sites is 1. The number of hydrogen-bond acceptors (Lipinski definition) is 6. The first-order valence-electron chi connectivity index (χ1n) is 10.0. The van der Waals surface area contributed by atoms with Crippen LogP contribution in [-0.2, 0) is 11.3 Å². The summed E-state index contributed by atoms with van der Waals surface area (Å²) < 4.78 is 6.87. The molecule has 1 amide bonds. The molecule has 1 radical (unpaired) electrons. The second kappa shape index (κ2) is 9.03. The molecule has 0 aliphatic rings. The Kier molecular flexibility index (Phi) is 6.00. The molecule has 4 rings (SSSR count). The number of H-pyrrole nitrogens is 1. The smallest absolute Gasteiger partial charge is 0.328 e. The summed E-state index contributed by atoms with van der Waals surface area (Å²) >= 11 is 0. The van der Waals surface area contributed by atoms with Gasteiger partial charge in [0.05, 0.1) is 13.7 Å². The zero-order valence-electron chi connectivity index (χ0n) is 17.6. The molecule has 0 fully saturated rings. The van der Waals surface area contributed by atoms with Gasteiger partial charge in [0, 0.05) is 23.7 Å². The minimum Gasteiger partial charge on any atom is -0.496 e. The number of anilines is 1. The summed E-state index contributed by atoms with van der Waals surface area (Å²) in [5, 5.41) is 11.9. The monoisotopic (exact) mass is 432 g/mol. The third kappa shape index (κ3) is 3.97. The van der Waals surface area contributed by atoms with Crippen LogP contribution in [0.5, 0.6) is 5.75 Å². The van der Waals surface area contributed by atoms with Crippen LogP contribution in [0, 0.1) is 0 Å². The van der Waals surface area contributed by atoms with Crippen LogP contribution in [0.15, 0.2) is 53.3 Å². The second-order valence-electron chi connectivity index (χ2n) is 7.36. The summed E-state index contributed by atoms with van der Waals surface area (Å²) in [5.74, 6) is 1.07. The summed E-state index contributed by atoms with van der Waals surface area (Å²) in [6.07, 6.45) is 1.62. The Morgan fingerprint density at radius 2 is 2.03 bits per heavy atom. The minimum absolute atomic E-state index is 0.00646. The van der Waals surface area contributed by atoms with Gasteiger partial charge < -0.3 is 20.1 Å². The van der Waals surface area contributed by atoms with Gasteiger partial charge >= 0.3 is 12.1 Å². The number of benzene rings is 2. The lowest BCUT2D eigenvalue weighted by Gasteiger charge is -2.11. The third-order valence-electron chi connectivity index (χ3n) is 5.30. The maximum absolute atomic E-state index is 12.8. The van der Waals surface area contributed by atoms with E-state index < -0.39 is 5.69 Å². The molecule has 2 aromatic carbocycles. The van der Waals surface area contributed by atoms with E-state index in [0.717, 1.165) is 11.1 Å². The Morgan fingerprint density at radius 1 is 1.22 bits per heavy atom. The predicted molar refractivity (Wildman–Crippen MR) is 120 cm³/mol. The summed E-state index contributed by atoms with van der Waals surface area (Å²) in [6.45, 7) is 2.13. The van der Waals surface area contributed by atoms with E-state index in [4.69, 9.17) is 4.74 Å². The van der Waals surface area contributed by atoms with Crippen molar-refractivity contribution in [3.8, 4) is 17.1 Å². The fourth-order valence-electron chi connectivity index (χ4n) is 3.54. The minimum atomic E-state index is -0.394. The molecule has 0 saturated heterocycles. The van der Waals surface area contributed by atoms with Gasteiger partial charge in [-0.3, -0.25) is 9.36 Å². The molecule has 1 atom stereocenters. The van der Waals surface area contributed by atoms with Gasteiger partial charge in [-0.25, -0.2) is 14.8 Å². The number of amides is 1. The summed E-state index contributed by atoms with van der Waals surface area (Å²) in [5.41, 5.74) is 2.66. The van der Waals surface area contributed by atoms with E-state index in [2.05, 4.69) is 20.3 Å². The quantitative estimate of drug-likeness (QED) is 0.368. The number of rotatable bonds is 8. The number of hydrogen-bond donors (Lipinski definition) is 3. The number of nitrogens with one attached hydrogen (secondary N) is 2. The lowest BCUT2D eigenvalue weighted by atomic mass is 10.00. The molecule has 2 aromatic heterocycles. The lowest BCUT2D eigenvalue weighted by molar-refractivity contribution is 0.273. The molecule has 0 aliphatic carbocycles. The van der Waals surface area contributed by atoms with Gasteiger partial charge in [-0.15, -0.1) is 0 Å². The Labute approximate surface area is 183 Å². The van der Waals surface area contributed by atoms with Crippen molar-refractivity contribution in [1.29, 1.82) is 0 Å². The number of nitrogens with zero attached hydrogens (tertiary/aromatic N) is 3. The van der Waals surface area contributed by atoms with E-state index in [1.165, 1.54) is 4.57 Å². The van der Waals surface area contributed by atoms with Crippen molar-refractivity contribution in [1.82, 2.24) is 19.5 Å². The molecule has 0 bridgehead atoms. The fourth-order valence-corrected chi connectivity index (χ4v) is 3.54. The zero-order chi connectivity index (χ0) is 22.7. The Balaban J connectivity index is 1.89.